The predicted molar refractivity (Wildman–Crippen MR) is 76.2 cm³/mol. The number of esters is 1. The van der Waals surface area contributed by atoms with Crippen molar-refractivity contribution < 1.29 is 13.9 Å². The highest BCUT2D eigenvalue weighted by atomic mass is 19.1. The van der Waals surface area contributed by atoms with Gasteiger partial charge in [-0.25, -0.2) is 4.39 Å². The minimum absolute atomic E-state index is 0.152. The van der Waals surface area contributed by atoms with Gasteiger partial charge in [-0.1, -0.05) is 6.07 Å². The molecule has 2 rings (SSSR count). The lowest BCUT2D eigenvalue weighted by atomic mass is 10.0. The summed E-state index contributed by atoms with van der Waals surface area (Å²) in [6, 6.07) is 4.32. The van der Waals surface area contributed by atoms with Crippen molar-refractivity contribution in [2.75, 3.05) is 25.1 Å². The van der Waals surface area contributed by atoms with Crippen molar-refractivity contribution in [2.45, 2.75) is 31.7 Å². The Balaban J connectivity index is 2.07. The SMILES string of the molecule is COC(=O)C(N)Cc1ccc(N2CCCCC2)cc1F. The molecule has 1 aromatic carbocycles. The van der Waals surface area contributed by atoms with Crippen LogP contribution in [0.1, 0.15) is 24.8 Å². The van der Waals surface area contributed by atoms with Gasteiger partial charge in [0.2, 0.25) is 0 Å². The number of hydrogen-bond acceptors (Lipinski definition) is 4. The van der Waals surface area contributed by atoms with Gasteiger partial charge in [-0.2, -0.15) is 0 Å². The molecule has 1 aromatic rings. The molecule has 20 heavy (non-hydrogen) atoms. The van der Waals surface area contributed by atoms with Gasteiger partial charge in [0.25, 0.3) is 0 Å². The highest BCUT2D eigenvalue weighted by molar-refractivity contribution is 5.75. The number of carbonyl (C=O) groups excluding carboxylic acids is 1. The molecule has 1 aliphatic rings. The van der Waals surface area contributed by atoms with Crippen molar-refractivity contribution in [1.29, 1.82) is 0 Å². The maximum atomic E-state index is 14.1. The molecule has 5 heteroatoms. The van der Waals surface area contributed by atoms with Gasteiger partial charge in [0, 0.05) is 25.2 Å². The predicted octanol–water partition coefficient (Wildman–Crippen LogP) is 1.86. The molecule has 4 nitrogen and oxygen atoms in total. The Morgan fingerprint density at radius 2 is 2.10 bits per heavy atom. The molecule has 0 saturated carbocycles. The van der Waals surface area contributed by atoms with E-state index < -0.39 is 12.0 Å². The summed E-state index contributed by atoms with van der Waals surface area (Å²) in [6.45, 7) is 1.95. The highest BCUT2D eigenvalue weighted by Crippen LogP contribution is 2.23. The number of nitrogens with two attached hydrogens (primary N) is 1. The van der Waals surface area contributed by atoms with Crippen LogP contribution in [0.2, 0.25) is 0 Å². The zero-order chi connectivity index (χ0) is 14.5. The Kier molecular flexibility index (Phi) is 4.95. The summed E-state index contributed by atoms with van der Waals surface area (Å²) in [6.07, 6.45) is 3.69. The van der Waals surface area contributed by atoms with Crippen LogP contribution in [0.15, 0.2) is 18.2 Å². The minimum atomic E-state index is -0.824. The third-order valence-corrected chi connectivity index (χ3v) is 3.70. The zero-order valence-corrected chi connectivity index (χ0v) is 11.8. The van der Waals surface area contributed by atoms with Crippen LogP contribution in [0, 0.1) is 5.82 Å². The first-order valence-electron chi connectivity index (χ1n) is 6.98. The van der Waals surface area contributed by atoms with Crippen LogP contribution < -0.4 is 10.6 Å². The molecule has 0 aliphatic carbocycles. The second kappa shape index (κ2) is 6.70. The van der Waals surface area contributed by atoms with E-state index in [1.54, 1.807) is 6.07 Å². The molecule has 2 N–H and O–H groups in total. The average molecular weight is 280 g/mol. The van der Waals surface area contributed by atoms with Gasteiger partial charge in [-0.15, -0.1) is 0 Å². The van der Waals surface area contributed by atoms with Crippen LogP contribution in [-0.4, -0.2) is 32.2 Å². The Bertz CT molecular complexity index is 473. The first-order valence-corrected chi connectivity index (χ1v) is 6.98. The topological polar surface area (TPSA) is 55.6 Å². The Morgan fingerprint density at radius 3 is 2.70 bits per heavy atom. The Morgan fingerprint density at radius 1 is 1.40 bits per heavy atom. The zero-order valence-electron chi connectivity index (χ0n) is 11.8. The monoisotopic (exact) mass is 280 g/mol. The van der Waals surface area contributed by atoms with E-state index in [1.807, 2.05) is 6.07 Å². The van der Waals surface area contributed by atoms with Crippen molar-refractivity contribution in [3.8, 4) is 0 Å². The lowest BCUT2D eigenvalue weighted by Crippen LogP contribution is -2.34. The van der Waals surface area contributed by atoms with Gasteiger partial charge in [-0.3, -0.25) is 4.79 Å². The molecule has 0 amide bonds. The van der Waals surface area contributed by atoms with E-state index in [2.05, 4.69) is 9.64 Å². The number of carbonyl (C=O) groups is 1. The number of halogens is 1. The number of rotatable bonds is 4. The maximum Gasteiger partial charge on any atom is 0.322 e. The number of benzene rings is 1. The maximum absolute atomic E-state index is 14.1. The molecule has 0 radical (unpaired) electrons. The van der Waals surface area contributed by atoms with E-state index in [9.17, 15) is 9.18 Å². The van der Waals surface area contributed by atoms with Crippen LogP contribution in [0.3, 0.4) is 0 Å². The normalized spacial score (nSPS) is 16.9. The van der Waals surface area contributed by atoms with Crippen molar-refractivity contribution in [3.05, 3.63) is 29.6 Å². The number of ether oxygens (including phenoxy) is 1. The number of hydrogen-bond donors (Lipinski definition) is 1. The molecular formula is C15H21FN2O2. The van der Waals surface area contributed by atoms with Gasteiger partial charge in [-0.05, 0) is 37.0 Å². The first kappa shape index (κ1) is 14.8. The number of nitrogens with zero attached hydrogens (tertiary/aromatic N) is 1. The smallest absolute Gasteiger partial charge is 0.322 e. The standard InChI is InChI=1S/C15H21FN2O2/c1-20-15(19)14(17)9-11-5-6-12(10-13(11)16)18-7-3-2-4-8-18/h5-6,10,14H,2-4,7-9,17H2,1H3. The van der Waals surface area contributed by atoms with Crippen LogP contribution in [0.4, 0.5) is 10.1 Å². The fourth-order valence-electron chi connectivity index (χ4n) is 2.52. The van der Waals surface area contributed by atoms with Crippen LogP contribution >= 0.6 is 0 Å². The van der Waals surface area contributed by atoms with Crippen molar-refractivity contribution in [1.82, 2.24) is 0 Å². The van der Waals surface area contributed by atoms with Crippen molar-refractivity contribution in [2.24, 2.45) is 5.73 Å². The lowest BCUT2D eigenvalue weighted by molar-refractivity contribution is -0.142. The third-order valence-electron chi connectivity index (χ3n) is 3.70. The Labute approximate surface area is 118 Å². The molecular weight excluding hydrogens is 259 g/mol. The van der Waals surface area contributed by atoms with Crippen LogP contribution in [-0.2, 0) is 16.0 Å². The van der Waals surface area contributed by atoms with E-state index in [1.165, 1.54) is 19.6 Å². The fourth-order valence-corrected chi connectivity index (χ4v) is 2.52. The summed E-state index contributed by atoms with van der Waals surface area (Å²) in [5.41, 5.74) is 7.01. The van der Waals surface area contributed by atoms with Crippen molar-refractivity contribution in [3.63, 3.8) is 0 Å². The van der Waals surface area contributed by atoms with E-state index in [0.29, 0.717) is 5.56 Å². The van der Waals surface area contributed by atoms with E-state index in [-0.39, 0.29) is 12.2 Å². The average Bonchev–Trinajstić information content (AvgIpc) is 2.49. The molecule has 1 fully saturated rings. The van der Waals surface area contributed by atoms with Crippen LogP contribution in [0.25, 0.3) is 0 Å². The second-order valence-electron chi connectivity index (χ2n) is 5.16. The number of methoxy groups -OCH3 is 1. The van der Waals surface area contributed by atoms with E-state index >= 15 is 0 Å². The molecule has 0 bridgehead atoms. The summed E-state index contributed by atoms with van der Waals surface area (Å²) in [7, 11) is 1.28. The van der Waals surface area contributed by atoms with Gasteiger partial charge < -0.3 is 15.4 Å². The lowest BCUT2D eigenvalue weighted by Gasteiger charge is -2.29. The molecule has 1 atom stereocenters. The summed E-state index contributed by atoms with van der Waals surface area (Å²) >= 11 is 0. The first-order chi connectivity index (χ1) is 9.61. The number of piperidine rings is 1. The molecule has 110 valence electrons. The largest absolute Gasteiger partial charge is 0.468 e. The van der Waals surface area contributed by atoms with E-state index in [0.717, 1.165) is 31.6 Å². The van der Waals surface area contributed by atoms with Gasteiger partial charge in [0.15, 0.2) is 0 Å². The second-order valence-corrected chi connectivity index (χ2v) is 5.16. The van der Waals surface area contributed by atoms with Gasteiger partial charge in [0.05, 0.1) is 7.11 Å². The molecule has 0 aromatic heterocycles. The van der Waals surface area contributed by atoms with Gasteiger partial charge in [0.1, 0.15) is 11.9 Å². The Hall–Kier alpha value is -1.62. The fraction of sp³-hybridized carbons (Fsp3) is 0.533. The number of anilines is 1. The quantitative estimate of drug-likeness (QED) is 0.855. The van der Waals surface area contributed by atoms with E-state index in [4.69, 9.17) is 5.73 Å². The highest BCUT2D eigenvalue weighted by Gasteiger charge is 2.18. The van der Waals surface area contributed by atoms with Crippen molar-refractivity contribution >= 4 is 11.7 Å². The molecule has 1 heterocycles. The molecule has 1 unspecified atom stereocenters. The van der Waals surface area contributed by atoms with Gasteiger partial charge >= 0.3 is 5.97 Å². The summed E-state index contributed by atoms with van der Waals surface area (Å²) < 4.78 is 18.6. The third kappa shape index (κ3) is 3.48. The summed E-state index contributed by atoms with van der Waals surface area (Å²) in [4.78, 5) is 13.5. The summed E-state index contributed by atoms with van der Waals surface area (Å²) in [5.74, 6) is -0.836. The summed E-state index contributed by atoms with van der Waals surface area (Å²) in [5, 5.41) is 0. The molecule has 0 spiro atoms. The van der Waals surface area contributed by atoms with Crippen LogP contribution in [0.5, 0.6) is 0 Å². The minimum Gasteiger partial charge on any atom is -0.468 e. The molecule has 1 saturated heterocycles. The molecule has 1 aliphatic heterocycles.